The van der Waals surface area contributed by atoms with Gasteiger partial charge in [0.05, 0.1) is 6.26 Å². The van der Waals surface area contributed by atoms with Crippen molar-refractivity contribution in [3.05, 3.63) is 53.7 Å². The van der Waals surface area contributed by atoms with E-state index in [2.05, 4.69) is 4.98 Å². The minimum absolute atomic E-state index is 0.137. The van der Waals surface area contributed by atoms with Crippen molar-refractivity contribution in [2.24, 2.45) is 0 Å². The van der Waals surface area contributed by atoms with Gasteiger partial charge in [0.15, 0.2) is 5.76 Å². The van der Waals surface area contributed by atoms with Crippen LogP contribution >= 0.6 is 0 Å². The third kappa shape index (κ3) is 1.57. The molecule has 0 atom stereocenters. The molecule has 0 aliphatic heterocycles. The number of rotatable bonds is 2. The van der Waals surface area contributed by atoms with Crippen LogP contribution in [0.25, 0.3) is 0 Å². The second-order valence-corrected chi connectivity index (χ2v) is 2.99. The van der Waals surface area contributed by atoms with E-state index in [0.29, 0.717) is 11.3 Å². The topological polar surface area (TPSA) is 43.1 Å². The lowest BCUT2D eigenvalue weighted by atomic mass is 10.1. The number of aromatic nitrogens is 1. The summed E-state index contributed by atoms with van der Waals surface area (Å²) < 4.78 is 5.00. The van der Waals surface area contributed by atoms with E-state index in [4.69, 9.17) is 4.42 Å². The van der Waals surface area contributed by atoms with Gasteiger partial charge in [-0.3, -0.25) is 9.78 Å². The molecular weight excluding hydrogens is 178 g/mol. The summed E-state index contributed by atoms with van der Waals surface area (Å²) in [4.78, 5) is 15.7. The average Bonchev–Trinajstić information content (AvgIpc) is 2.71. The molecule has 3 nitrogen and oxygen atoms in total. The van der Waals surface area contributed by atoms with Gasteiger partial charge < -0.3 is 4.42 Å². The lowest BCUT2D eigenvalue weighted by molar-refractivity contribution is 0.101. The molecule has 0 saturated carbocycles. The molecule has 0 saturated heterocycles. The Bertz CT molecular complexity index is 429. The van der Waals surface area contributed by atoms with Gasteiger partial charge in [-0.25, -0.2) is 0 Å². The maximum atomic E-state index is 11.7. The number of hydrogen-bond donors (Lipinski definition) is 0. The molecule has 0 aromatic carbocycles. The number of carbonyl (C=O) groups is 1. The Morgan fingerprint density at radius 2 is 2.21 bits per heavy atom. The highest BCUT2D eigenvalue weighted by Crippen LogP contribution is 2.09. The lowest BCUT2D eigenvalue weighted by Crippen LogP contribution is -2.00. The second-order valence-electron chi connectivity index (χ2n) is 2.99. The van der Waals surface area contributed by atoms with Crippen LogP contribution in [0.15, 0.2) is 41.1 Å². The molecule has 2 aromatic rings. The van der Waals surface area contributed by atoms with Crippen LogP contribution in [0.4, 0.5) is 0 Å². The number of carbonyl (C=O) groups excluding carboxylic acids is 1. The number of ketones is 1. The third-order valence-electron chi connectivity index (χ3n) is 1.92. The second kappa shape index (κ2) is 3.46. The van der Waals surface area contributed by atoms with Crippen molar-refractivity contribution < 1.29 is 9.21 Å². The molecule has 0 amide bonds. The molecule has 0 radical (unpaired) electrons. The molecule has 0 fully saturated rings. The van der Waals surface area contributed by atoms with Crippen molar-refractivity contribution in [3.8, 4) is 0 Å². The van der Waals surface area contributed by atoms with Gasteiger partial charge in [0.2, 0.25) is 5.78 Å². The van der Waals surface area contributed by atoms with Crippen LogP contribution in [-0.4, -0.2) is 10.8 Å². The summed E-state index contributed by atoms with van der Waals surface area (Å²) in [5, 5.41) is 0. The Morgan fingerprint density at radius 3 is 2.79 bits per heavy atom. The van der Waals surface area contributed by atoms with Crippen LogP contribution in [0.1, 0.15) is 21.8 Å². The average molecular weight is 187 g/mol. The van der Waals surface area contributed by atoms with Crippen molar-refractivity contribution in [1.29, 1.82) is 0 Å². The van der Waals surface area contributed by atoms with Gasteiger partial charge in [-0.1, -0.05) is 0 Å². The fourth-order valence-corrected chi connectivity index (χ4v) is 1.15. The van der Waals surface area contributed by atoms with Crippen LogP contribution < -0.4 is 0 Å². The first-order chi connectivity index (χ1) is 6.77. The van der Waals surface area contributed by atoms with E-state index in [1.165, 1.54) is 6.26 Å². The number of nitrogens with zero attached hydrogens (tertiary/aromatic N) is 1. The predicted octanol–water partition coefficient (Wildman–Crippen LogP) is 2.21. The zero-order valence-corrected chi connectivity index (χ0v) is 7.73. The summed E-state index contributed by atoms with van der Waals surface area (Å²) in [6, 6.07) is 6.88. The van der Waals surface area contributed by atoms with Crippen LogP contribution in [0.5, 0.6) is 0 Å². The highest BCUT2D eigenvalue weighted by molar-refractivity contribution is 6.06. The van der Waals surface area contributed by atoms with E-state index in [9.17, 15) is 4.79 Å². The predicted molar refractivity (Wildman–Crippen MR) is 51.1 cm³/mol. The highest BCUT2D eigenvalue weighted by atomic mass is 16.3. The molecule has 2 heterocycles. The molecule has 0 aliphatic rings. The van der Waals surface area contributed by atoms with Gasteiger partial charge in [0, 0.05) is 17.5 Å². The van der Waals surface area contributed by atoms with Gasteiger partial charge in [0.1, 0.15) is 0 Å². The Kier molecular flexibility index (Phi) is 2.14. The Hall–Kier alpha value is -1.90. The molecule has 2 rings (SSSR count). The van der Waals surface area contributed by atoms with Crippen molar-refractivity contribution in [3.63, 3.8) is 0 Å². The smallest absolute Gasteiger partial charge is 0.229 e. The van der Waals surface area contributed by atoms with Crippen molar-refractivity contribution in [2.75, 3.05) is 0 Å². The number of pyridine rings is 1. The SMILES string of the molecule is Cc1ccc(C(=O)c2ccco2)cn1. The maximum absolute atomic E-state index is 11.7. The van der Waals surface area contributed by atoms with E-state index in [0.717, 1.165) is 5.69 Å². The van der Waals surface area contributed by atoms with E-state index in [1.807, 2.05) is 6.92 Å². The van der Waals surface area contributed by atoms with Crippen LogP contribution in [0.2, 0.25) is 0 Å². The molecular formula is C11H9NO2. The van der Waals surface area contributed by atoms with Crippen molar-refractivity contribution >= 4 is 5.78 Å². The Labute approximate surface area is 81.4 Å². The Balaban J connectivity index is 2.33. The summed E-state index contributed by atoms with van der Waals surface area (Å²) >= 11 is 0. The van der Waals surface area contributed by atoms with E-state index >= 15 is 0 Å². The quantitative estimate of drug-likeness (QED) is 0.677. The standard InChI is InChI=1S/C11H9NO2/c1-8-4-5-9(7-12-8)11(13)10-3-2-6-14-10/h2-7H,1H3. The fourth-order valence-electron chi connectivity index (χ4n) is 1.15. The Morgan fingerprint density at radius 1 is 1.36 bits per heavy atom. The van der Waals surface area contributed by atoms with Gasteiger partial charge in [0.25, 0.3) is 0 Å². The lowest BCUT2D eigenvalue weighted by Gasteiger charge is -1.96. The number of hydrogen-bond acceptors (Lipinski definition) is 3. The van der Waals surface area contributed by atoms with E-state index in [1.54, 1.807) is 30.5 Å². The minimum Gasteiger partial charge on any atom is -0.461 e. The zero-order valence-electron chi connectivity index (χ0n) is 7.73. The summed E-state index contributed by atoms with van der Waals surface area (Å²) in [6.07, 6.45) is 3.04. The normalized spacial score (nSPS) is 10.1. The molecule has 0 N–H and O–H groups in total. The molecule has 0 unspecified atom stereocenters. The molecule has 2 aromatic heterocycles. The van der Waals surface area contributed by atoms with Gasteiger partial charge in [-0.05, 0) is 31.2 Å². The largest absolute Gasteiger partial charge is 0.461 e. The first kappa shape index (κ1) is 8.69. The summed E-state index contributed by atoms with van der Waals surface area (Å²) in [5.41, 5.74) is 1.44. The summed E-state index contributed by atoms with van der Waals surface area (Å²) in [5.74, 6) is 0.207. The third-order valence-corrected chi connectivity index (χ3v) is 1.92. The highest BCUT2D eigenvalue weighted by Gasteiger charge is 2.11. The summed E-state index contributed by atoms with van der Waals surface area (Å²) in [6.45, 7) is 1.88. The van der Waals surface area contributed by atoms with E-state index in [-0.39, 0.29) is 5.78 Å². The van der Waals surface area contributed by atoms with Crippen molar-refractivity contribution in [1.82, 2.24) is 4.98 Å². The molecule has 0 bridgehead atoms. The first-order valence-corrected chi connectivity index (χ1v) is 4.28. The maximum Gasteiger partial charge on any atom is 0.229 e. The first-order valence-electron chi connectivity index (χ1n) is 4.28. The molecule has 3 heteroatoms. The minimum atomic E-state index is -0.137. The van der Waals surface area contributed by atoms with Gasteiger partial charge >= 0.3 is 0 Å². The van der Waals surface area contributed by atoms with Crippen LogP contribution in [-0.2, 0) is 0 Å². The molecule has 14 heavy (non-hydrogen) atoms. The van der Waals surface area contributed by atoms with Crippen LogP contribution in [0, 0.1) is 6.92 Å². The van der Waals surface area contributed by atoms with Gasteiger partial charge in [-0.15, -0.1) is 0 Å². The van der Waals surface area contributed by atoms with Crippen LogP contribution in [0.3, 0.4) is 0 Å². The summed E-state index contributed by atoms with van der Waals surface area (Å²) in [7, 11) is 0. The van der Waals surface area contributed by atoms with Crippen molar-refractivity contribution in [2.45, 2.75) is 6.92 Å². The fraction of sp³-hybridized carbons (Fsp3) is 0.0909. The molecule has 70 valence electrons. The number of furan rings is 1. The zero-order chi connectivity index (χ0) is 9.97. The van der Waals surface area contributed by atoms with Gasteiger partial charge in [-0.2, -0.15) is 0 Å². The number of aryl methyl sites for hydroxylation is 1. The van der Waals surface area contributed by atoms with E-state index < -0.39 is 0 Å². The molecule has 0 aliphatic carbocycles. The molecule has 0 spiro atoms. The monoisotopic (exact) mass is 187 g/mol.